The Morgan fingerprint density at radius 2 is 2.28 bits per heavy atom. The number of nitrogens with two attached hydrogens (primary N) is 1. The van der Waals surface area contributed by atoms with Crippen molar-refractivity contribution >= 4 is 18.3 Å². The molecule has 6 heteroatoms. The number of carbonyl (C=O) groups is 1. The number of carbonyl (C=O) groups excluding carboxylic acids is 1. The van der Waals surface area contributed by atoms with E-state index in [9.17, 15) is 9.18 Å². The van der Waals surface area contributed by atoms with Crippen LogP contribution in [0.15, 0.2) is 0 Å². The normalized spacial score (nSPS) is 26.1. The fourth-order valence-corrected chi connectivity index (χ4v) is 2.22. The van der Waals surface area contributed by atoms with E-state index in [0.29, 0.717) is 0 Å². The molecule has 0 radical (unpaired) electrons. The molecule has 1 heterocycles. The molecule has 1 aliphatic rings. The average molecular weight is 278 g/mol. The molecule has 4 nitrogen and oxygen atoms in total. The summed E-state index contributed by atoms with van der Waals surface area (Å²) in [4.78, 5) is 13.4. The Morgan fingerprint density at radius 1 is 1.67 bits per heavy atom. The molecule has 1 aliphatic heterocycles. The highest BCUT2D eigenvalue weighted by atomic mass is 35.5. The van der Waals surface area contributed by atoms with Crippen molar-refractivity contribution in [3.05, 3.63) is 0 Å². The summed E-state index contributed by atoms with van der Waals surface area (Å²) >= 11 is 0. The van der Waals surface area contributed by atoms with Gasteiger partial charge in [0.2, 0.25) is 5.91 Å². The molecule has 1 amide bonds. The molecule has 1 rings (SSSR count). The molecule has 104 valence electrons. The molecular formula is C12H21ClFN3O. The molecule has 0 aromatic rings. The lowest BCUT2D eigenvalue weighted by atomic mass is 9.96. The van der Waals surface area contributed by atoms with Crippen molar-refractivity contribution in [1.82, 2.24) is 4.90 Å². The maximum atomic E-state index is 13.2. The van der Waals surface area contributed by atoms with Crippen molar-refractivity contribution < 1.29 is 9.18 Å². The van der Waals surface area contributed by atoms with Crippen LogP contribution in [0.2, 0.25) is 0 Å². The summed E-state index contributed by atoms with van der Waals surface area (Å²) in [6, 6.07) is 0.677. The average Bonchev–Trinajstić information content (AvgIpc) is 2.68. The molecule has 0 aromatic carbocycles. The van der Waals surface area contributed by atoms with Gasteiger partial charge in [-0.25, -0.2) is 4.39 Å². The van der Waals surface area contributed by atoms with E-state index in [0.717, 1.165) is 12.8 Å². The number of alkyl halides is 1. The molecule has 0 spiro atoms. The van der Waals surface area contributed by atoms with Gasteiger partial charge in [-0.1, -0.05) is 20.3 Å². The lowest BCUT2D eigenvalue weighted by Crippen LogP contribution is -2.48. The Bertz CT molecular complexity index is 321. The lowest BCUT2D eigenvalue weighted by Gasteiger charge is -2.26. The maximum Gasteiger partial charge on any atom is 0.240 e. The van der Waals surface area contributed by atoms with Gasteiger partial charge in [0.05, 0.1) is 18.7 Å². The van der Waals surface area contributed by atoms with Crippen molar-refractivity contribution in [2.45, 2.75) is 51.4 Å². The fraction of sp³-hybridized carbons (Fsp3) is 0.833. The minimum Gasteiger partial charge on any atom is -0.322 e. The lowest BCUT2D eigenvalue weighted by molar-refractivity contribution is -0.133. The van der Waals surface area contributed by atoms with E-state index in [4.69, 9.17) is 11.0 Å². The Labute approximate surface area is 114 Å². The monoisotopic (exact) mass is 277 g/mol. The summed E-state index contributed by atoms with van der Waals surface area (Å²) in [7, 11) is 0. The van der Waals surface area contributed by atoms with Crippen molar-refractivity contribution in [3.8, 4) is 6.07 Å². The number of hydrogen-bond acceptors (Lipinski definition) is 3. The van der Waals surface area contributed by atoms with Gasteiger partial charge in [-0.2, -0.15) is 5.26 Å². The largest absolute Gasteiger partial charge is 0.322 e. The van der Waals surface area contributed by atoms with Gasteiger partial charge >= 0.3 is 0 Å². The molecule has 0 bridgehead atoms. The minimum atomic E-state index is -1.10. The molecular weight excluding hydrogens is 257 g/mol. The van der Waals surface area contributed by atoms with E-state index in [2.05, 4.69) is 0 Å². The van der Waals surface area contributed by atoms with Crippen LogP contribution in [0.4, 0.5) is 4.39 Å². The third kappa shape index (κ3) is 3.82. The Kier molecular flexibility index (Phi) is 7.19. The van der Waals surface area contributed by atoms with E-state index >= 15 is 0 Å². The van der Waals surface area contributed by atoms with Crippen molar-refractivity contribution in [2.75, 3.05) is 6.54 Å². The highest BCUT2D eigenvalue weighted by molar-refractivity contribution is 5.85. The second-order valence-corrected chi connectivity index (χ2v) is 4.76. The first-order valence-corrected chi connectivity index (χ1v) is 6.11. The van der Waals surface area contributed by atoms with Gasteiger partial charge in [0.15, 0.2) is 0 Å². The van der Waals surface area contributed by atoms with Gasteiger partial charge in [-0.05, 0) is 12.3 Å². The Morgan fingerprint density at radius 3 is 2.78 bits per heavy atom. The van der Waals surface area contributed by atoms with Gasteiger partial charge in [0.25, 0.3) is 0 Å². The zero-order chi connectivity index (χ0) is 13.0. The van der Waals surface area contributed by atoms with Crippen LogP contribution in [-0.2, 0) is 4.79 Å². The second kappa shape index (κ2) is 7.55. The summed E-state index contributed by atoms with van der Waals surface area (Å²) in [5, 5.41) is 8.88. The maximum absolute atomic E-state index is 13.2. The van der Waals surface area contributed by atoms with Crippen LogP contribution in [0.25, 0.3) is 0 Å². The summed E-state index contributed by atoms with van der Waals surface area (Å²) < 4.78 is 13.2. The van der Waals surface area contributed by atoms with Crippen molar-refractivity contribution in [1.29, 1.82) is 5.26 Å². The fourth-order valence-electron chi connectivity index (χ4n) is 2.22. The standard InChI is InChI=1S/C12H20FN3O.ClH/c1-3-4-8(2)11(15)12(17)16-7-9(13)5-10(16)6-14;/h8-11H,3-5,7,15H2,1-2H3;1H/t8-,9-,10-,11-;/m0./s1. The molecule has 0 aromatic heterocycles. The summed E-state index contributed by atoms with van der Waals surface area (Å²) in [6.45, 7) is 3.94. The van der Waals surface area contributed by atoms with Crippen LogP contribution < -0.4 is 5.73 Å². The van der Waals surface area contributed by atoms with Crippen LogP contribution in [0, 0.1) is 17.2 Å². The van der Waals surface area contributed by atoms with Gasteiger partial charge < -0.3 is 10.6 Å². The summed E-state index contributed by atoms with van der Waals surface area (Å²) in [5.41, 5.74) is 5.87. The van der Waals surface area contributed by atoms with Gasteiger partial charge in [-0.3, -0.25) is 4.79 Å². The number of nitriles is 1. The molecule has 4 atom stereocenters. The predicted molar refractivity (Wildman–Crippen MR) is 69.9 cm³/mol. The molecule has 18 heavy (non-hydrogen) atoms. The number of hydrogen-bond donors (Lipinski definition) is 1. The Hall–Kier alpha value is -0.860. The Balaban J connectivity index is 0.00000289. The summed E-state index contributed by atoms with van der Waals surface area (Å²) in [5.74, 6) is -0.233. The topological polar surface area (TPSA) is 70.1 Å². The van der Waals surface area contributed by atoms with Gasteiger partial charge in [0.1, 0.15) is 12.2 Å². The first kappa shape index (κ1) is 17.1. The number of halogens is 2. The molecule has 1 saturated heterocycles. The first-order valence-electron chi connectivity index (χ1n) is 6.11. The van der Waals surface area contributed by atoms with Crippen LogP contribution in [0.5, 0.6) is 0 Å². The summed E-state index contributed by atoms with van der Waals surface area (Å²) in [6.07, 6.45) is 0.821. The van der Waals surface area contributed by atoms with Crippen LogP contribution in [-0.4, -0.2) is 35.6 Å². The number of likely N-dealkylation sites (tertiary alicyclic amines) is 1. The minimum absolute atomic E-state index is 0. The van der Waals surface area contributed by atoms with E-state index in [-0.39, 0.29) is 37.2 Å². The quantitative estimate of drug-likeness (QED) is 0.849. The third-order valence-corrected chi connectivity index (χ3v) is 3.32. The number of rotatable bonds is 4. The van der Waals surface area contributed by atoms with E-state index < -0.39 is 18.3 Å². The molecule has 2 N–H and O–H groups in total. The number of amides is 1. The molecule has 0 saturated carbocycles. The molecule has 0 aliphatic carbocycles. The van der Waals surface area contributed by atoms with Crippen LogP contribution in [0.1, 0.15) is 33.1 Å². The van der Waals surface area contributed by atoms with E-state index in [1.165, 1.54) is 4.90 Å². The van der Waals surface area contributed by atoms with Crippen molar-refractivity contribution in [3.63, 3.8) is 0 Å². The third-order valence-electron chi connectivity index (χ3n) is 3.32. The van der Waals surface area contributed by atoms with Crippen LogP contribution >= 0.6 is 12.4 Å². The van der Waals surface area contributed by atoms with Crippen LogP contribution in [0.3, 0.4) is 0 Å². The first-order chi connectivity index (χ1) is 8.01. The zero-order valence-electron chi connectivity index (χ0n) is 10.8. The van der Waals surface area contributed by atoms with E-state index in [1.807, 2.05) is 19.9 Å². The number of nitrogens with zero attached hydrogens (tertiary/aromatic N) is 2. The highest BCUT2D eigenvalue weighted by Crippen LogP contribution is 2.22. The molecule has 1 fully saturated rings. The van der Waals surface area contributed by atoms with Gasteiger partial charge in [0, 0.05) is 6.42 Å². The second-order valence-electron chi connectivity index (χ2n) is 4.76. The SMILES string of the molecule is CCC[C@H](C)[C@H](N)C(=O)N1C[C@@H](F)C[C@H]1C#N.Cl. The zero-order valence-corrected chi connectivity index (χ0v) is 11.6. The highest BCUT2D eigenvalue weighted by Gasteiger charge is 2.38. The smallest absolute Gasteiger partial charge is 0.240 e. The molecule has 0 unspecified atom stereocenters. The van der Waals surface area contributed by atoms with E-state index in [1.54, 1.807) is 0 Å². The van der Waals surface area contributed by atoms with Gasteiger partial charge in [-0.15, -0.1) is 12.4 Å². The predicted octanol–water partition coefficient (Wildman–Crippen LogP) is 1.63. The van der Waals surface area contributed by atoms with Crippen molar-refractivity contribution in [2.24, 2.45) is 11.7 Å².